The molecule has 3 saturated heterocycles. The smallest absolute Gasteiger partial charge is 0.0124 e. The standard InChI is InChI=1S/C12H22N2/c1-13-6-5-10-11(8-13)9-3-4-12(10)14(2)7-9/h9-12H,3-8H2,1-2H3. The maximum atomic E-state index is 2.64. The van der Waals surface area contributed by atoms with Gasteiger partial charge in [0.05, 0.1) is 0 Å². The summed E-state index contributed by atoms with van der Waals surface area (Å²) in [4.78, 5) is 5.18. The Morgan fingerprint density at radius 2 is 1.79 bits per heavy atom. The van der Waals surface area contributed by atoms with Crippen LogP contribution in [0.15, 0.2) is 0 Å². The van der Waals surface area contributed by atoms with Crippen LogP contribution in [0.25, 0.3) is 0 Å². The first kappa shape index (κ1) is 9.17. The normalized spacial score (nSPS) is 49.3. The van der Waals surface area contributed by atoms with Crippen LogP contribution in [0.3, 0.4) is 0 Å². The minimum atomic E-state index is 0.929. The lowest BCUT2D eigenvalue weighted by molar-refractivity contribution is -0.0678. The molecule has 3 aliphatic heterocycles. The molecule has 2 heteroatoms. The van der Waals surface area contributed by atoms with E-state index in [1.165, 1.54) is 38.9 Å². The minimum Gasteiger partial charge on any atom is -0.306 e. The highest BCUT2D eigenvalue weighted by Crippen LogP contribution is 2.46. The number of likely N-dealkylation sites (tertiary alicyclic amines) is 1. The molecule has 4 fully saturated rings. The Labute approximate surface area is 87.3 Å². The van der Waals surface area contributed by atoms with Crippen molar-refractivity contribution in [3.05, 3.63) is 0 Å². The van der Waals surface area contributed by atoms with Gasteiger partial charge < -0.3 is 9.80 Å². The number of hydrogen-bond acceptors (Lipinski definition) is 2. The Morgan fingerprint density at radius 3 is 2.57 bits per heavy atom. The summed E-state index contributed by atoms with van der Waals surface area (Å²) < 4.78 is 0. The minimum absolute atomic E-state index is 0.929. The van der Waals surface area contributed by atoms with Crippen molar-refractivity contribution in [2.75, 3.05) is 33.7 Å². The Hall–Kier alpha value is -0.0800. The van der Waals surface area contributed by atoms with E-state index in [4.69, 9.17) is 0 Å². The van der Waals surface area contributed by atoms with E-state index in [0.717, 1.165) is 23.8 Å². The van der Waals surface area contributed by atoms with Gasteiger partial charge in [-0.15, -0.1) is 0 Å². The Kier molecular flexibility index (Phi) is 2.10. The second-order valence-electron chi connectivity index (χ2n) is 5.72. The lowest BCUT2D eigenvalue weighted by Crippen LogP contribution is -2.60. The lowest BCUT2D eigenvalue weighted by atomic mass is 9.63. The average molecular weight is 194 g/mol. The Balaban J connectivity index is 1.82. The highest BCUT2D eigenvalue weighted by molar-refractivity contribution is 5.00. The van der Waals surface area contributed by atoms with E-state index in [-0.39, 0.29) is 0 Å². The van der Waals surface area contributed by atoms with Crippen molar-refractivity contribution < 1.29 is 0 Å². The molecule has 1 aliphatic carbocycles. The molecule has 0 radical (unpaired) electrons. The van der Waals surface area contributed by atoms with Gasteiger partial charge in [-0.25, -0.2) is 0 Å². The van der Waals surface area contributed by atoms with Gasteiger partial charge >= 0.3 is 0 Å². The fourth-order valence-electron chi connectivity index (χ4n) is 4.24. The highest BCUT2D eigenvalue weighted by Gasteiger charge is 2.47. The Morgan fingerprint density at radius 1 is 0.929 bits per heavy atom. The molecule has 4 unspecified atom stereocenters. The van der Waals surface area contributed by atoms with Gasteiger partial charge in [0.2, 0.25) is 0 Å². The molecule has 4 rings (SSSR count). The second-order valence-corrected chi connectivity index (χ2v) is 5.72. The molecule has 0 amide bonds. The van der Waals surface area contributed by atoms with Gasteiger partial charge in [-0.05, 0) is 57.7 Å². The van der Waals surface area contributed by atoms with Crippen LogP contribution in [0.1, 0.15) is 19.3 Å². The molecule has 4 aliphatic rings. The van der Waals surface area contributed by atoms with Gasteiger partial charge in [-0.2, -0.15) is 0 Å². The van der Waals surface area contributed by atoms with Gasteiger partial charge in [0.25, 0.3) is 0 Å². The zero-order valence-electron chi connectivity index (χ0n) is 9.45. The fraction of sp³-hybridized carbons (Fsp3) is 1.00. The summed E-state index contributed by atoms with van der Waals surface area (Å²) >= 11 is 0. The van der Waals surface area contributed by atoms with E-state index in [0.29, 0.717) is 0 Å². The summed E-state index contributed by atoms with van der Waals surface area (Å²) in [6, 6.07) is 0.929. The molecule has 1 saturated carbocycles. The van der Waals surface area contributed by atoms with Crippen LogP contribution in [-0.4, -0.2) is 49.6 Å². The zero-order valence-corrected chi connectivity index (χ0v) is 9.45. The fourth-order valence-corrected chi connectivity index (χ4v) is 4.24. The van der Waals surface area contributed by atoms with E-state index < -0.39 is 0 Å². The summed E-state index contributed by atoms with van der Waals surface area (Å²) in [7, 11) is 4.63. The van der Waals surface area contributed by atoms with E-state index in [2.05, 4.69) is 23.9 Å². The predicted molar refractivity (Wildman–Crippen MR) is 58.2 cm³/mol. The first-order valence-electron chi connectivity index (χ1n) is 6.14. The summed E-state index contributed by atoms with van der Waals surface area (Å²) in [5.41, 5.74) is 0. The van der Waals surface area contributed by atoms with Crippen LogP contribution in [0.2, 0.25) is 0 Å². The van der Waals surface area contributed by atoms with Gasteiger partial charge in [-0.3, -0.25) is 0 Å². The van der Waals surface area contributed by atoms with Gasteiger partial charge in [0.1, 0.15) is 0 Å². The zero-order chi connectivity index (χ0) is 9.71. The first-order chi connectivity index (χ1) is 6.75. The maximum absolute atomic E-state index is 2.64. The van der Waals surface area contributed by atoms with Crippen molar-refractivity contribution in [3.63, 3.8) is 0 Å². The van der Waals surface area contributed by atoms with Gasteiger partial charge in [0, 0.05) is 19.1 Å². The third-order valence-corrected chi connectivity index (χ3v) is 4.94. The SMILES string of the molecule is CN1CCC2C(C1)C1CCC2N(C)C1. The molecule has 3 heterocycles. The van der Waals surface area contributed by atoms with Crippen molar-refractivity contribution >= 4 is 0 Å². The molecule has 0 aromatic rings. The number of nitrogens with zero attached hydrogens (tertiary/aromatic N) is 2. The molecule has 0 spiro atoms. The summed E-state index contributed by atoms with van der Waals surface area (Å²) in [5.74, 6) is 3.07. The van der Waals surface area contributed by atoms with Crippen LogP contribution < -0.4 is 0 Å². The number of rotatable bonds is 0. The molecule has 0 aromatic carbocycles. The average Bonchev–Trinajstić information content (AvgIpc) is 2.18. The van der Waals surface area contributed by atoms with Crippen molar-refractivity contribution in [1.29, 1.82) is 0 Å². The van der Waals surface area contributed by atoms with Gasteiger partial charge in [-0.1, -0.05) is 0 Å². The third-order valence-electron chi connectivity index (χ3n) is 4.94. The quantitative estimate of drug-likeness (QED) is 0.573. The third kappa shape index (κ3) is 1.24. The Bertz CT molecular complexity index is 228. The van der Waals surface area contributed by atoms with Crippen molar-refractivity contribution in [3.8, 4) is 0 Å². The second kappa shape index (κ2) is 3.21. The summed E-state index contributed by atoms with van der Waals surface area (Å²) in [6.07, 6.45) is 4.43. The van der Waals surface area contributed by atoms with E-state index >= 15 is 0 Å². The monoisotopic (exact) mass is 194 g/mol. The van der Waals surface area contributed by atoms with Crippen molar-refractivity contribution in [2.24, 2.45) is 17.8 Å². The number of piperidine rings is 3. The van der Waals surface area contributed by atoms with E-state index in [1.54, 1.807) is 0 Å². The van der Waals surface area contributed by atoms with Crippen LogP contribution in [0.5, 0.6) is 0 Å². The van der Waals surface area contributed by atoms with E-state index in [1.807, 2.05) is 0 Å². The molecular formula is C12H22N2. The molecule has 14 heavy (non-hydrogen) atoms. The maximum Gasteiger partial charge on any atom is 0.0124 e. The number of fused-ring (bicyclic) bond motifs is 2. The van der Waals surface area contributed by atoms with Crippen LogP contribution in [-0.2, 0) is 0 Å². The van der Waals surface area contributed by atoms with E-state index in [9.17, 15) is 0 Å². The van der Waals surface area contributed by atoms with Gasteiger partial charge in [0.15, 0.2) is 0 Å². The largest absolute Gasteiger partial charge is 0.306 e. The lowest BCUT2D eigenvalue weighted by Gasteiger charge is -2.56. The van der Waals surface area contributed by atoms with Crippen molar-refractivity contribution in [1.82, 2.24) is 9.80 Å². The van der Waals surface area contributed by atoms with Crippen LogP contribution in [0, 0.1) is 17.8 Å². The molecule has 2 nitrogen and oxygen atoms in total. The molecule has 2 bridgehead atoms. The molecule has 4 atom stereocenters. The van der Waals surface area contributed by atoms with Crippen LogP contribution in [0.4, 0.5) is 0 Å². The topological polar surface area (TPSA) is 6.48 Å². The number of hydrogen-bond donors (Lipinski definition) is 0. The van der Waals surface area contributed by atoms with Crippen molar-refractivity contribution in [2.45, 2.75) is 25.3 Å². The summed E-state index contributed by atoms with van der Waals surface area (Å²) in [6.45, 7) is 4.08. The molecule has 80 valence electrons. The molecule has 0 aromatic heterocycles. The first-order valence-corrected chi connectivity index (χ1v) is 6.14. The highest BCUT2D eigenvalue weighted by atomic mass is 15.2. The molecular weight excluding hydrogens is 172 g/mol. The molecule has 0 N–H and O–H groups in total. The van der Waals surface area contributed by atoms with Crippen LogP contribution >= 0.6 is 0 Å². The summed E-state index contributed by atoms with van der Waals surface area (Å²) in [5, 5.41) is 0. The predicted octanol–water partition coefficient (Wildman–Crippen LogP) is 1.28.